The number of phenolic OH excluding ortho intramolecular Hbond substituents is 1. The molecule has 6 heteroatoms. The second-order valence-corrected chi connectivity index (χ2v) is 2.37. The standard InChI is InChI=1S/C8H5F3O3/c1-14-8(13)5-6(10)3(9)2-4(12)7(5)11/h2,12H,1H3. The number of benzene rings is 1. The molecule has 0 aliphatic rings. The van der Waals surface area contributed by atoms with E-state index in [0.717, 1.165) is 7.11 Å². The summed E-state index contributed by atoms with van der Waals surface area (Å²) >= 11 is 0. The van der Waals surface area contributed by atoms with E-state index in [1.807, 2.05) is 0 Å². The van der Waals surface area contributed by atoms with Crippen LogP contribution >= 0.6 is 0 Å². The third kappa shape index (κ3) is 1.50. The predicted octanol–water partition coefficient (Wildman–Crippen LogP) is 1.60. The maximum Gasteiger partial charge on any atom is 0.344 e. The average Bonchev–Trinajstić information content (AvgIpc) is 2.15. The Morgan fingerprint density at radius 1 is 1.36 bits per heavy atom. The number of carbonyl (C=O) groups is 1. The van der Waals surface area contributed by atoms with Crippen LogP contribution < -0.4 is 0 Å². The molecule has 0 atom stereocenters. The van der Waals surface area contributed by atoms with Gasteiger partial charge < -0.3 is 9.84 Å². The Morgan fingerprint density at radius 2 is 1.93 bits per heavy atom. The van der Waals surface area contributed by atoms with Gasteiger partial charge >= 0.3 is 5.97 Å². The smallest absolute Gasteiger partial charge is 0.344 e. The molecule has 1 aromatic rings. The molecular formula is C8H5F3O3. The highest BCUT2D eigenvalue weighted by Gasteiger charge is 2.24. The van der Waals surface area contributed by atoms with Gasteiger partial charge in [-0.1, -0.05) is 0 Å². The van der Waals surface area contributed by atoms with E-state index in [1.165, 1.54) is 0 Å². The fourth-order valence-electron chi connectivity index (χ4n) is 0.872. The molecule has 0 amide bonds. The molecule has 0 saturated carbocycles. The molecule has 0 fully saturated rings. The van der Waals surface area contributed by atoms with Gasteiger partial charge in [0, 0.05) is 6.07 Å². The van der Waals surface area contributed by atoms with E-state index in [4.69, 9.17) is 5.11 Å². The lowest BCUT2D eigenvalue weighted by atomic mass is 10.2. The molecule has 14 heavy (non-hydrogen) atoms. The molecule has 0 saturated heterocycles. The van der Waals surface area contributed by atoms with Gasteiger partial charge in [0.15, 0.2) is 23.2 Å². The normalized spacial score (nSPS) is 10.0. The Balaban J connectivity index is 3.47. The molecule has 0 radical (unpaired) electrons. The van der Waals surface area contributed by atoms with E-state index in [1.54, 1.807) is 0 Å². The van der Waals surface area contributed by atoms with Crippen LogP contribution in [0.1, 0.15) is 10.4 Å². The van der Waals surface area contributed by atoms with Gasteiger partial charge in [0.2, 0.25) is 0 Å². The lowest BCUT2D eigenvalue weighted by Crippen LogP contribution is -2.09. The van der Waals surface area contributed by atoms with E-state index >= 15 is 0 Å². The fraction of sp³-hybridized carbons (Fsp3) is 0.125. The van der Waals surface area contributed by atoms with Gasteiger partial charge in [-0.05, 0) is 0 Å². The van der Waals surface area contributed by atoms with Crippen LogP contribution in [-0.2, 0) is 4.74 Å². The highest BCUT2D eigenvalue weighted by atomic mass is 19.2. The molecule has 0 aliphatic carbocycles. The van der Waals surface area contributed by atoms with E-state index in [2.05, 4.69) is 4.74 Å². The van der Waals surface area contributed by atoms with Crippen molar-refractivity contribution in [1.82, 2.24) is 0 Å². The Bertz CT molecular complexity index is 364. The highest BCUT2D eigenvalue weighted by molar-refractivity contribution is 5.90. The van der Waals surface area contributed by atoms with Gasteiger partial charge in [-0.15, -0.1) is 0 Å². The number of esters is 1. The topological polar surface area (TPSA) is 46.5 Å². The fourth-order valence-corrected chi connectivity index (χ4v) is 0.872. The molecule has 0 heterocycles. The Kier molecular flexibility index (Phi) is 2.64. The molecule has 0 aromatic heterocycles. The summed E-state index contributed by atoms with van der Waals surface area (Å²) in [5, 5.41) is 8.76. The molecule has 0 bridgehead atoms. The second-order valence-electron chi connectivity index (χ2n) is 2.37. The van der Waals surface area contributed by atoms with Crippen molar-refractivity contribution in [2.24, 2.45) is 0 Å². The number of rotatable bonds is 1. The molecule has 0 unspecified atom stereocenters. The first kappa shape index (κ1) is 10.4. The largest absolute Gasteiger partial charge is 0.505 e. The zero-order valence-electron chi connectivity index (χ0n) is 6.97. The lowest BCUT2D eigenvalue weighted by molar-refractivity contribution is 0.0587. The summed E-state index contributed by atoms with van der Waals surface area (Å²) in [4.78, 5) is 10.8. The van der Waals surface area contributed by atoms with Gasteiger partial charge in [-0.25, -0.2) is 18.0 Å². The highest BCUT2D eigenvalue weighted by Crippen LogP contribution is 2.25. The van der Waals surface area contributed by atoms with Crippen LogP contribution in [0.15, 0.2) is 6.07 Å². The van der Waals surface area contributed by atoms with Gasteiger partial charge in [-0.3, -0.25) is 0 Å². The van der Waals surface area contributed by atoms with E-state index in [-0.39, 0.29) is 6.07 Å². The monoisotopic (exact) mass is 206 g/mol. The van der Waals surface area contributed by atoms with Crippen LogP contribution in [-0.4, -0.2) is 18.2 Å². The lowest BCUT2D eigenvalue weighted by Gasteiger charge is -2.04. The van der Waals surface area contributed by atoms with E-state index in [9.17, 15) is 18.0 Å². The van der Waals surface area contributed by atoms with Crippen molar-refractivity contribution in [3.05, 3.63) is 29.1 Å². The minimum Gasteiger partial charge on any atom is -0.505 e. The molecule has 1 aromatic carbocycles. The minimum atomic E-state index is -1.69. The van der Waals surface area contributed by atoms with Crippen molar-refractivity contribution in [2.75, 3.05) is 7.11 Å². The van der Waals surface area contributed by atoms with E-state index in [0.29, 0.717) is 0 Å². The molecule has 0 aliphatic heterocycles. The van der Waals surface area contributed by atoms with Crippen LogP contribution in [0.3, 0.4) is 0 Å². The molecular weight excluding hydrogens is 201 g/mol. The molecule has 3 nitrogen and oxygen atoms in total. The maximum atomic E-state index is 12.9. The van der Waals surface area contributed by atoms with Crippen molar-refractivity contribution in [3.63, 3.8) is 0 Å². The Labute approximate surface area is 76.7 Å². The van der Waals surface area contributed by atoms with Crippen LogP contribution in [0.25, 0.3) is 0 Å². The summed E-state index contributed by atoms with van der Waals surface area (Å²) in [6, 6.07) is 0.233. The zero-order valence-corrected chi connectivity index (χ0v) is 6.97. The van der Waals surface area contributed by atoms with Crippen LogP contribution in [0, 0.1) is 17.5 Å². The predicted molar refractivity (Wildman–Crippen MR) is 39.3 cm³/mol. The second kappa shape index (κ2) is 3.57. The Hall–Kier alpha value is -1.72. The van der Waals surface area contributed by atoms with Gasteiger partial charge in [-0.2, -0.15) is 0 Å². The summed E-state index contributed by atoms with van der Waals surface area (Å²) in [5.74, 6) is -7.30. The number of phenols is 1. The maximum absolute atomic E-state index is 12.9. The molecule has 1 N–H and O–H groups in total. The van der Waals surface area contributed by atoms with Gasteiger partial charge in [0.25, 0.3) is 0 Å². The first-order valence-corrected chi connectivity index (χ1v) is 3.43. The van der Waals surface area contributed by atoms with Crippen molar-refractivity contribution >= 4 is 5.97 Å². The molecule has 0 spiro atoms. The van der Waals surface area contributed by atoms with Crippen molar-refractivity contribution in [2.45, 2.75) is 0 Å². The number of halogens is 3. The molecule has 76 valence electrons. The van der Waals surface area contributed by atoms with E-state index < -0.39 is 34.7 Å². The number of hydrogen-bond acceptors (Lipinski definition) is 3. The summed E-state index contributed by atoms with van der Waals surface area (Å²) in [6.07, 6.45) is 0. The van der Waals surface area contributed by atoms with Gasteiger partial charge in [0.1, 0.15) is 5.56 Å². The summed E-state index contributed by atoms with van der Waals surface area (Å²) < 4.78 is 42.4. The first-order chi connectivity index (χ1) is 6.49. The zero-order chi connectivity index (χ0) is 10.9. The number of ether oxygens (including phenoxy) is 1. The average molecular weight is 206 g/mol. The SMILES string of the molecule is COC(=O)c1c(F)c(O)cc(F)c1F. The Morgan fingerprint density at radius 3 is 2.43 bits per heavy atom. The van der Waals surface area contributed by atoms with Crippen molar-refractivity contribution < 1.29 is 27.8 Å². The van der Waals surface area contributed by atoms with Crippen molar-refractivity contribution in [1.29, 1.82) is 0 Å². The van der Waals surface area contributed by atoms with Crippen LogP contribution in [0.5, 0.6) is 5.75 Å². The molecule has 1 rings (SSSR count). The number of carbonyl (C=O) groups excluding carboxylic acids is 1. The van der Waals surface area contributed by atoms with Gasteiger partial charge in [0.05, 0.1) is 7.11 Å². The van der Waals surface area contributed by atoms with Crippen LogP contribution in [0.2, 0.25) is 0 Å². The number of methoxy groups -OCH3 is 1. The number of aromatic hydroxyl groups is 1. The first-order valence-electron chi connectivity index (χ1n) is 3.43. The number of hydrogen-bond donors (Lipinski definition) is 1. The van der Waals surface area contributed by atoms with Crippen LogP contribution in [0.4, 0.5) is 13.2 Å². The quantitative estimate of drug-likeness (QED) is 0.560. The summed E-state index contributed by atoms with van der Waals surface area (Å²) in [7, 11) is 0.878. The third-order valence-electron chi connectivity index (χ3n) is 1.53. The van der Waals surface area contributed by atoms with Crippen molar-refractivity contribution in [3.8, 4) is 5.75 Å². The third-order valence-corrected chi connectivity index (χ3v) is 1.53. The summed E-state index contributed by atoms with van der Waals surface area (Å²) in [5.41, 5.74) is -1.25. The minimum absolute atomic E-state index is 0.233. The summed E-state index contributed by atoms with van der Waals surface area (Å²) in [6.45, 7) is 0.